The Kier molecular flexibility index (Phi) is 5.32. The number of carbonyl (C=O) groups excluding carboxylic acids is 1. The van der Waals surface area contributed by atoms with E-state index in [0.29, 0.717) is 35.1 Å². The first kappa shape index (κ1) is 19.4. The number of amides is 1. The largest absolute Gasteiger partial charge is 0.496 e. The molecule has 0 fully saturated rings. The molecule has 1 aromatic heterocycles. The number of nitrogens with two attached hydrogens (primary N) is 1. The van der Waals surface area contributed by atoms with Crippen molar-refractivity contribution in [3.05, 3.63) is 46.6 Å². The summed E-state index contributed by atoms with van der Waals surface area (Å²) in [6, 6.07) is 7.24. The van der Waals surface area contributed by atoms with E-state index in [1.807, 2.05) is 13.8 Å². The molecule has 0 saturated carbocycles. The molecule has 1 aliphatic heterocycles. The highest BCUT2D eigenvalue weighted by molar-refractivity contribution is 6.06. The summed E-state index contributed by atoms with van der Waals surface area (Å²) in [5, 5.41) is 9.22. The van der Waals surface area contributed by atoms with Gasteiger partial charge in [-0.05, 0) is 38.5 Å². The molecule has 28 heavy (non-hydrogen) atoms. The van der Waals surface area contributed by atoms with Gasteiger partial charge in [0.1, 0.15) is 5.75 Å². The minimum atomic E-state index is -0.683. The third kappa shape index (κ3) is 3.18. The molecule has 2 heterocycles. The number of aliphatic imine (C=N–C) groups is 1. The van der Waals surface area contributed by atoms with Crippen LogP contribution in [0.4, 0.5) is 5.69 Å². The lowest BCUT2D eigenvalue weighted by atomic mass is 9.75. The lowest BCUT2D eigenvalue weighted by molar-refractivity contribution is -0.120. The van der Waals surface area contributed by atoms with Crippen LogP contribution in [0.5, 0.6) is 11.6 Å². The Labute approximate surface area is 163 Å². The number of rotatable bonds is 5. The van der Waals surface area contributed by atoms with E-state index >= 15 is 0 Å². The first-order chi connectivity index (χ1) is 13.4. The zero-order valence-corrected chi connectivity index (χ0v) is 16.3. The van der Waals surface area contributed by atoms with Gasteiger partial charge in [0.15, 0.2) is 0 Å². The maximum Gasteiger partial charge on any atom is 0.227 e. The van der Waals surface area contributed by atoms with Crippen molar-refractivity contribution in [3.8, 4) is 17.7 Å². The van der Waals surface area contributed by atoms with E-state index in [1.54, 1.807) is 31.3 Å². The lowest BCUT2D eigenvalue weighted by Gasteiger charge is -2.33. The minimum absolute atomic E-state index is 0.419. The standard InChI is InChI=1S/C21H22N4O3/c1-5-28-21-18-17(14-7-6-13(9-22)8-15(14)27-4)16(20(23)26)12(3)25-19(18)11(2)10-24-21/h6-8,10,16-17H,5H2,1-4H3,(H2,23,26)/t16?,17-/m0/s1. The van der Waals surface area contributed by atoms with E-state index in [-0.39, 0.29) is 0 Å². The maximum atomic E-state index is 12.4. The second kappa shape index (κ2) is 7.69. The average molecular weight is 378 g/mol. The van der Waals surface area contributed by atoms with Gasteiger partial charge in [-0.25, -0.2) is 4.98 Å². The molecular weight excluding hydrogens is 356 g/mol. The van der Waals surface area contributed by atoms with Crippen LogP contribution in [0.25, 0.3) is 0 Å². The fraction of sp³-hybridized carbons (Fsp3) is 0.333. The molecule has 7 heteroatoms. The van der Waals surface area contributed by atoms with Gasteiger partial charge >= 0.3 is 0 Å². The molecule has 144 valence electrons. The summed E-state index contributed by atoms with van der Waals surface area (Å²) >= 11 is 0. The van der Waals surface area contributed by atoms with E-state index in [2.05, 4.69) is 16.0 Å². The van der Waals surface area contributed by atoms with E-state index in [0.717, 1.165) is 16.8 Å². The Balaban J connectivity index is 2.36. The molecule has 1 unspecified atom stereocenters. The number of carbonyl (C=O) groups is 1. The molecule has 2 aromatic rings. The Morgan fingerprint density at radius 1 is 1.36 bits per heavy atom. The van der Waals surface area contributed by atoms with Crippen molar-refractivity contribution in [2.75, 3.05) is 13.7 Å². The van der Waals surface area contributed by atoms with E-state index in [4.69, 9.17) is 15.2 Å². The SMILES string of the molecule is CCOc1ncc(C)c2c1[C@@H](c1ccc(C#N)cc1OC)C(C(N)=O)C(C)=N2. The molecule has 1 amide bonds. The highest BCUT2D eigenvalue weighted by atomic mass is 16.5. The van der Waals surface area contributed by atoms with Crippen LogP contribution in [0, 0.1) is 24.2 Å². The van der Waals surface area contributed by atoms with Crippen molar-refractivity contribution in [2.45, 2.75) is 26.7 Å². The summed E-state index contributed by atoms with van der Waals surface area (Å²) < 4.78 is 11.3. The van der Waals surface area contributed by atoms with Crippen molar-refractivity contribution in [2.24, 2.45) is 16.6 Å². The molecule has 7 nitrogen and oxygen atoms in total. The van der Waals surface area contributed by atoms with Gasteiger partial charge in [0.2, 0.25) is 11.8 Å². The second-order valence-corrected chi connectivity index (χ2v) is 6.62. The number of benzene rings is 1. The number of pyridine rings is 1. The average Bonchev–Trinajstić information content (AvgIpc) is 2.68. The lowest BCUT2D eigenvalue weighted by Crippen LogP contribution is -2.37. The molecule has 1 aliphatic rings. The van der Waals surface area contributed by atoms with Crippen LogP contribution in [-0.2, 0) is 4.79 Å². The number of methoxy groups -OCH3 is 1. The number of primary amides is 1. The number of ether oxygens (including phenoxy) is 2. The van der Waals surface area contributed by atoms with Crippen molar-refractivity contribution in [1.29, 1.82) is 5.26 Å². The molecule has 0 radical (unpaired) electrons. The highest BCUT2D eigenvalue weighted by Crippen LogP contribution is 2.49. The van der Waals surface area contributed by atoms with Crippen LogP contribution >= 0.6 is 0 Å². The number of nitrogens with zero attached hydrogens (tertiary/aromatic N) is 3. The Hall–Kier alpha value is -3.40. The molecule has 1 aromatic carbocycles. The number of hydrogen-bond donors (Lipinski definition) is 1. The monoisotopic (exact) mass is 378 g/mol. The van der Waals surface area contributed by atoms with Gasteiger partial charge in [0.25, 0.3) is 0 Å². The molecule has 3 rings (SSSR count). The molecule has 0 aliphatic carbocycles. The highest BCUT2D eigenvalue weighted by Gasteiger charge is 2.41. The van der Waals surface area contributed by atoms with Gasteiger partial charge < -0.3 is 15.2 Å². The molecule has 0 saturated heterocycles. The van der Waals surface area contributed by atoms with Crippen LogP contribution in [0.3, 0.4) is 0 Å². The van der Waals surface area contributed by atoms with Crippen LogP contribution < -0.4 is 15.2 Å². The van der Waals surface area contributed by atoms with Gasteiger partial charge in [0.05, 0.1) is 37.0 Å². The van der Waals surface area contributed by atoms with E-state index in [9.17, 15) is 10.1 Å². The maximum absolute atomic E-state index is 12.4. The quantitative estimate of drug-likeness (QED) is 0.860. The van der Waals surface area contributed by atoms with Gasteiger partial charge in [0, 0.05) is 29.0 Å². The van der Waals surface area contributed by atoms with Crippen molar-refractivity contribution >= 4 is 17.3 Å². The number of aromatic nitrogens is 1. The first-order valence-electron chi connectivity index (χ1n) is 8.97. The smallest absolute Gasteiger partial charge is 0.227 e. The summed E-state index contributed by atoms with van der Waals surface area (Å²) in [6.45, 7) is 6.00. The molecule has 2 N–H and O–H groups in total. The van der Waals surface area contributed by atoms with Gasteiger partial charge in [-0.15, -0.1) is 0 Å². The number of fused-ring (bicyclic) bond motifs is 1. The second-order valence-electron chi connectivity index (χ2n) is 6.62. The normalized spacial score (nSPS) is 17.9. The van der Waals surface area contributed by atoms with Crippen molar-refractivity contribution < 1.29 is 14.3 Å². The summed E-state index contributed by atoms with van der Waals surface area (Å²) in [6.07, 6.45) is 1.71. The van der Waals surface area contributed by atoms with Crippen LogP contribution in [0.2, 0.25) is 0 Å². The third-order valence-corrected chi connectivity index (χ3v) is 4.90. The van der Waals surface area contributed by atoms with Crippen molar-refractivity contribution in [1.82, 2.24) is 4.98 Å². The van der Waals surface area contributed by atoms with Gasteiger partial charge in [-0.2, -0.15) is 5.26 Å². The summed E-state index contributed by atoms with van der Waals surface area (Å²) in [5.74, 6) is -0.743. The minimum Gasteiger partial charge on any atom is -0.496 e. The predicted octanol–water partition coefficient (Wildman–Crippen LogP) is 3.01. The predicted molar refractivity (Wildman–Crippen MR) is 105 cm³/mol. The summed E-state index contributed by atoms with van der Waals surface area (Å²) in [5.41, 5.74) is 9.90. The zero-order valence-electron chi connectivity index (χ0n) is 16.3. The van der Waals surface area contributed by atoms with E-state index < -0.39 is 17.7 Å². The molecule has 2 atom stereocenters. The Bertz CT molecular complexity index is 1010. The van der Waals surface area contributed by atoms with E-state index in [1.165, 1.54) is 7.11 Å². The summed E-state index contributed by atoms with van der Waals surface area (Å²) in [7, 11) is 1.53. The number of nitriles is 1. The summed E-state index contributed by atoms with van der Waals surface area (Å²) in [4.78, 5) is 21.5. The fourth-order valence-corrected chi connectivity index (χ4v) is 3.68. The topological polar surface area (TPSA) is 111 Å². The van der Waals surface area contributed by atoms with Crippen LogP contribution in [0.1, 0.15) is 42.0 Å². The number of aryl methyl sites for hydroxylation is 1. The molecular formula is C21H22N4O3. The third-order valence-electron chi connectivity index (χ3n) is 4.90. The van der Waals surface area contributed by atoms with Gasteiger partial charge in [-0.3, -0.25) is 9.79 Å². The van der Waals surface area contributed by atoms with Gasteiger partial charge in [-0.1, -0.05) is 6.07 Å². The Morgan fingerprint density at radius 2 is 2.11 bits per heavy atom. The first-order valence-corrected chi connectivity index (χ1v) is 8.97. The van der Waals surface area contributed by atoms with Crippen molar-refractivity contribution in [3.63, 3.8) is 0 Å². The van der Waals surface area contributed by atoms with Crippen LogP contribution in [-0.4, -0.2) is 30.3 Å². The molecule has 0 bridgehead atoms. The molecule has 0 spiro atoms. The van der Waals surface area contributed by atoms with Crippen LogP contribution in [0.15, 0.2) is 29.4 Å². The zero-order chi connectivity index (χ0) is 20.4. The fourth-order valence-electron chi connectivity index (χ4n) is 3.68. The Morgan fingerprint density at radius 3 is 2.71 bits per heavy atom. The number of hydrogen-bond acceptors (Lipinski definition) is 6.